The van der Waals surface area contributed by atoms with Crippen molar-refractivity contribution in [3.63, 3.8) is 0 Å². The number of benzene rings is 3. The summed E-state index contributed by atoms with van der Waals surface area (Å²) in [4.78, 5) is 26.8. The van der Waals surface area contributed by atoms with Crippen LogP contribution in [0.5, 0.6) is 0 Å². The first-order valence-corrected chi connectivity index (χ1v) is 10.1. The molecular weight excluding hydrogens is 368 g/mol. The van der Waals surface area contributed by atoms with E-state index in [0.29, 0.717) is 11.3 Å². The normalized spacial score (nSPS) is 16.2. The van der Waals surface area contributed by atoms with Gasteiger partial charge in [-0.25, -0.2) is 0 Å². The molecule has 28 heavy (non-hydrogen) atoms. The molecule has 1 aliphatic rings. The average molecular weight is 388 g/mol. The zero-order valence-corrected chi connectivity index (χ0v) is 16.3. The van der Waals surface area contributed by atoms with E-state index in [9.17, 15) is 9.59 Å². The van der Waals surface area contributed by atoms with Gasteiger partial charge in [-0.3, -0.25) is 14.5 Å². The van der Waals surface area contributed by atoms with E-state index in [1.165, 1.54) is 0 Å². The van der Waals surface area contributed by atoms with Crippen molar-refractivity contribution in [3.8, 4) is 0 Å². The summed E-state index contributed by atoms with van der Waals surface area (Å²) in [7, 11) is 0. The number of hydrogen-bond acceptors (Lipinski definition) is 3. The van der Waals surface area contributed by atoms with E-state index < -0.39 is 0 Å². The van der Waals surface area contributed by atoms with Crippen LogP contribution in [0.25, 0.3) is 0 Å². The number of aryl methyl sites for hydroxylation is 1. The van der Waals surface area contributed by atoms with Gasteiger partial charge in [-0.15, -0.1) is 11.8 Å². The molecule has 1 fully saturated rings. The second-order valence-electron chi connectivity index (χ2n) is 6.71. The molecule has 4 rings (SSSR count). The number of carbonyl (C=O) groups excluding carboxylic acids is 2. The molecule has 0 radical (unpaired) electrons. The number of anilines is 2. The Bertz CT molecular complexity index is 1020. The summed E-state index contributed by atoms with van der Waals surface area (Å²) in [6, 6.07) is 24.8. The van der Waals surface area contributed by atoms with Gasteiger partial charge in [0.05, 0.1) is 5.75 Å². The molecule has 0 aromatic heterocycles. The lowest BCUT2D eigenvalue weighted by atomic mass is 10.1. The van der Waals surface area contributed by atoms with Crippen molar-refractivity contribution in [3.05, 3.63) is 95.6 Å². The SMILES string of the molecule is Cc1cccc(N2C(=O)CS[C@@H]2c2cccc(NC(=O)c3ccccc3)c2)c1. The molecule has 0 spiro atoms. The molecule has 140 valence electrons. The van der Waals surface area contributed by atoms with Crippen LogP contribution in [-0.4, -0.2) is 17.6 Å². The van der Waals surface area contributed by atoms with Gasteiger partial charge < -0.3 is 5.32 Å². The molecule has 0 bridgehead atoms. The third-order valence-corrected chi connectivity index (χ3v) is 5.83. The zero-order chi connectivity index (χ0) is 19.5. The van der Waals surface area contributed by atoms with Gasteiger partial charge in [-0.1, -0.05) is 42.5 Å². The Balaban J connectivity index is 1.59. The second kappa shape index (κ2) is 7.90. The molecular formula is C23H20N2O2S. The Kier molecular flexibility index (Phi) is 5.17. The molecule has 3 aromatic carbocycles. The Morgan fingerprint density at radius 2 is 1.79 bits per heavy atom. The number of nitrogens with one attached hydrogen (secondary N) is 1. The van der Waals surface area contributed by atoms with Gasteiger partial charge in [0.1, 0.15) is 5.37 Å². The van der Waals surface area contributed by atoms with Gasteiger partial charge in [0.25, 0.3) is 5.91 Å². The van der Waals surface area contributed by atoms with Crippen molar-refractivity contribution in [2.75, 3.05) is 16.0 Å². The van der Waals surface area contributed by atoms with Crippen LogP contribution in [0.1, 0.15) is 26.9 Å². The highest BCUT2D eigenvalue weighted by Crippen LogP contribution is 2.42. The minimum absolute atomic E-state index is 0.0966. The van der Waals surface area contributed by atoms with Crippen LogP contribution in [0.4, 0.5) is 11.4 Å². The first-order chi connectivity index (χ1) is 13.6. The topological polar surface area (TPSA) is 49.4 Å². The predicted molar refractivity (Wildman–Crippen MR) is 115 cm³/mol. The van der Waals surface area contributed by atoms with E-state index in [4.69, 9.17) is 0 Å². The fourth-order valence-electron chi connectivity index (χ4n) is 3.29. The maximum absolute atomic E-state index is 12.6. The van der Waals surface area contributed by atoms with Crippen molar-refractivity contribution in [1.29, 1.82) is 0 Å². The van der Waals surface area contributed by atoms with Crippen molar-refractivity contribution < 1.29 is 9.59 Å². The number of hydrogen-bond donors (Lipinski definition) is 1. The fraction of sp³-hybridized carbons (Fsp3) is 0.130. The van der Waals surface area contributed by atoms with Crippen LogP contribution < -0.4 is 10.2 Å². The van der Waals surface area contributed by atoms with Crippen LogP contribution in [-0.2, 0) is 4.79 Å². The highest BCUT2D eigenvalue weighted by Gasteiger charge is 2.34. The lowest BCUT2D eigenvalue weighted by molar-refractivity contribution is -0.115. The van der Waals surface area contributed by atoms with Crippen LogP contribution in [0, 0.1) is 6.92 Å². The van der Waals surface area contributed by atoms with Gasteiger partial charge >= 0.3 is 0 Å². The average Bonchev–Trinajstić information content (AvgIpc) is 3.10. The van der Waals surface area contributed by atoms with Crippen molar-refractivity contribution in [2.45, 2.75) is 12.3 Å². The van der Waals surface area contributed by atoms with Crippen molar-refractivity contribution >= 4 is 35.0 Å². The molecule has 1 N–H and O–H groups in total. The Morgan fingerprint density at radius 1 is 1.00 bits per heavy atom. The highest BCUT2D eigenvalue weighted by molar-refractivity contribution is 8.00. The van der Waals surface area contributed by atoms with Crippen LogP contribution in [0.2, 0.25) is 0 Å². The Hall–Kier alpha value is -3.05. The van der Waals surface area contributed by atoms with E-state index in [1.54, 1.807) is 23.9 Å². The predicted octanol–water partition coefficient (Wildman–Crippen LogP) is 5.03. The van der Waals surface area contributed by atoms with Gasteiger partial charge in [0.15, 0.2) is 0 Å². The van der Waals surface area contributed by atoms with E-state index in [0.717, 1.165) is 22.5 Å². The van der Waals surface area contributed by atoms with Crippen LogP contribution >= 0.6 is 11.8 Å². The second-order valence-corrected chi connectivity index (χ2v) is 7.78. The Labute approximate surface area is 168 Å². The maximum Gasteiger partial charge on any atom is 0.255 e. The fourth-order valence-corrected chi connectivity index (χ4v) is 4.46. The minimum atomic E-state index is -0.150. The van der Waals surface area contributed by atoms with E-state index in [2.05, 4.69) is 5.32 Å². The first-order valence-electron chi connectivity index (χ1n) is 9.08. The molecule has 5 heteroatoms. The standard InChI is InChI=1S/C23H20N2O2S/c1-16-7-5-12-20(13-16)25-21(26)15-28-23(25)18-10-6-11-19(14-18)24-22(27)17-8-3-2-4-9-17/h2-14,23H,15H2,1H3,(H,24,27)/t23-/m1/s1. The molecule has 0 saturated carbocycles. The van der Waals surface area contributed by atoms with Gasteiger partial charge in [0.2, 0.25) is 5.91 Å². The van der Waals surface area contributed by atoms with Gasteiger partial charge in [-0.05, 0) is 54.4 Å². The summed E-state index contributed by atoms with van der Waals surface area (Å²) in [5.41, 5.74) is 4.34. The molecule has 2 amide bonds. The van der Waals surface area contributed by atoms with E-state index in [1.807, 2.05) is 78.6 Å². The summed E-state index contributed by atoms with van der Waals surface area (Å²) in [5.74, 6) is 0.391. The molecule has 1 aliphatic heterocycles. The number of thioether (sulfide) groups is 1. The lowest BCUT2D eigenvalue weighted by Gasteiger charge is -2.25. The lowest BCUT2D eigenvalue weighted by Crippen LogP contribution is -2.27. The third kappa shape index (κ3) is 3.80. The molecule has 1 saturated heterocycles. The molecule has 1 heterocycles. The Morgan fingerprint density at radius 3 is 2.57 bits per heavy atom. The molecule has 1 atom stereocenters. The van der Waals surface area contributed by atoms with Crippen LogP contribution in [0.15, 0.2) is 78.9 Å². The van der Waals surface area contributed by atoms with Crippen molar-refractivity contribution in [2.24, 2.45) is 0 Å². The third-order valence-electron chi connectivity index (χ3n) is 4.61. The van der Waals surface area contributed by atoms with Crippen LogP contribution in [0.3, 0.4) is 0 Å². The minimum Gasteiger partial charge on any atom is -0.322 e. The van der Waals surface area contributed by atoms with E-state index >= 15 is 0 Å². The first kappa shape index (κ1) is 18.3. The smallest absolute Gasteiger partial charge is 0.255 e. The zero-order valence-electron chi connectivity index (χ0n) is 15.5. The summed E-state index contributed by atoms with van der Waals surface area (Å²) >= 11 is 1.60. The molecule has 4 nitrogen and oxygen atoms in total. The number of carbonyl (C=O) groups is 2. The molecule has 0 aliphatic carbocycles. The maximum atomic E-state index is 12.6. The monoisotopic (exact) mass is 388 g/mol. The quantitative estimate of drug-likeness (QED) is 0.682. The largest absolute Gasteiger partial charge is 0.322 e. The summed E-state index contributed by atoms with van der Waals surface area (Å²) in [5, 5.41) is 2.84. The molecule has 3 aromatic rings. The van der Waals surface area contributed by atoms with Crippen molar-refractivity contribution in [1.82, 2.24) is 0 Å². The number of nitrogens with zero attached hydrogens (tertiary/aromatic N) is 1. The highest BCUT2D eigenvalue weighted by atomic mass is 32.2. The summed E-state index contributed by atoms with van der Waals surface area (Å²) in [6.07, 6.45) is 0. The number of amides is 2. The van der Waals surface area contributed by atoms with Gasteiger partial charge in [0, 0.05) is 16.9 Å². The number of rotatable bonds is 4. The summed E-state index contributed by atoms with van der Waals surface area (Å²) < 4.78 is 0. The summed E-state index contributed by atoms with van der Waals surface area (Å²) in [6.45, 7) is 2.02. The molecule has 0 unspecified atom stereocenters. The van der Waals surface area contributed by atoms with Gasteiger partial charge in [-0.2, -0.15) is 0 Å². The van der Waals surface area contributed by atoms with E-state index in [-0.39, 0.29) is 17.2 Å².